The van der Waals surface area contributed by atoms with Gasteiger partial charge < -0.3 is 19.9 Å². The highest BCUT2D eigenvalue weighted by Gasteiger charge is 2.21. The van der Waals surface area contributed by atoms with E-state index < -0.39 is 18.5 Å². The lowest BCUT2D eigenvalue weighted by Crippen LogP contribution is -2.30. The summed E-state index contributed by atoms with van der Waals surface area (Å²) in [6.45, 7) is 2.00. The van der Waals surface area contributed by atoms with E-state index >= 15 is 0 Å². The molecule has 0 bridgehead atoms. The third kappa shape index (κ3) is 5.56. The molecule has 28 heavy (non-hydrogen) atoms. The summed E-state index contributed by atoms with van der Waals surface area (Å²) in [6.07, 6.45) is 6.31. The van der Waals surface area contributed by atoms with Crippen molar-refractivity contribution in [3.05, 3.63) is 45.6 Å². The van der Waals surface area contributed by atoms with Crippen LogP contribution >= 0.6 is 11.3 Å². The van der Waals surface area contributed by atoms with Crippen LogP contribution in [0.15, 0.2) is 29.6 Å². The molecule has 0 spiro atoms. The fourth-order valence-corrected chi connectivity index (χ4v) is 4.20. The molecule has 1 heterocycles. The number of carbonyl (C=O) groups excluding carboxylic acids is 1. The second-order valence-corrected chi connectivity index (χ2v) is 7.89. The number of ether oxygens (including phenoxy) is 2. The van der Waals surface area contributed by atoms with Crippen LogP contribution in [0.5, 0.6) is 11.5 Å². The summed E-state index contributed by atoms with van der Waals surface area (Å²) in [7, 11) is 0. The van der Waals surface area contributed by atoms with Gasteiger partial charge >= 0.3 is 11.9 Å². The highest BCUT2D eigenvalue weighted by Crippen LogP contribution is 2.31. The third-order valence-electron chi connectivity index (χ3n) is 4.75. The number of hydrogen-bond donors (Lipinski definition) is 2. The van der Waals surface area contributed by atoms with Crippen molar-refractivity contribution in [2.45, 2.75) is 51.6 Å². The summed E-state index contributed by atoms with van der Waals surface area (Å²) in [5.74, 6) is -0.908. The van der Waals surface area contributed by atoms with Crippen molar-refractivity contribution in [3.63, 3.8) is 0 Å². The molecule has 0 aliphatic heterocycles. The molecular weight excluding hydrogens is 378 g/mol. The zero-order valence-electron chi connectivity index (χ0n) is 15.9. The number of thiophene rings is 1. The number of carboxylic acids is 1. The number of aryl methyl sites for hydroxylation is 1. The molecule has 0 unspecified atom stereocenters. The first-order chi connectivity index (χ1) is 13.5. The van der Waals surface area contributed by atoms with Crippen molar-refractivity contribution in [1.82, 2.24) is 5.32 Å². The van der Waals surface area contributed by atoms with Gasteiger partial charge in [-0.3, -0.25) is 0 Å². The average Bonchev–Trinajstić information content (AvgIpc) is 3.06. The van der Waals surface area contributed by atoms with Crippen molar-refractivity contribution in [1.29, 1.82) is 0 Å². The fourth-order valence-electron chi connectivity index (χ4n) is 3.33. The summed E-state index contributed by atoms with van der Waals surface area (Å²) in [4.78, 5) is 23.6. The van der Waals surface area contributed by atoms with E-state index in [1.807, 2.05) is 18.2 Å². The van der Waals surface area contributed by atoms with Crippen molar-refractivity contribution >= 4 is 23.3 Å². The Morgan fingerprint density at radius 2 is 2.04 bits per heavy atom. The van der Waals surface area contributed by atoms with E-state index in [2.05, 4.69) is 5.32 Å². The number of benzene rings is 1. The maximum absolute atomic E-state index is 12.6. The number of rotatable bonds is 8. The molecule has 0 atom stereocenters. The quantitative estimate of drug-likeness (QED) is 0.508. The minimum Gasteiger partial charge on any atom is -0.480 e. The molecule has 1 aromatic heterocycles. The van der Waals surface area contributed by atoms with Crippen LogP contribution in [-0.4, -0.2) is 29.7 Å². The minimum atomic E-state index is -1.09. The lowest BCUT2D eigenvalue weighted by Gasteiger charge is -2.22. The molecule has 7 heteroatoms. The first-order valence-corrected chi connectivity index (χ1v) is 10.4. The topological polar surface area (TPSA) is 84.9 Å². The Labute approximate surface area is 168 Å². The largest absolute Gasteiger partial charge is 0.480 e. The Morgan fingerprint density at radius 1 is 1.25 bits per heavy atom. The summed E-state index contributed by atoms with van der Waals surface area (Å²) in [5.41, 5.74) is 1.77. The van der Waals surface area contributed by atoms with E-state index in [4.69, 9.17) is 14.6 Å². The molecule has 1 aromatic carbocycles. The Hall–Kier alpha value is -2.38. The van der Waals surface area contributed by atoms with Gasteiger partial charge in [-0.05, 0) is 42.8 Å². The van der Waals surface area contributed by atoms with E-state index in [-0.39, 0.29) is 10.6 Å². The fraction of sp³-hybridized carbons (Fsp3) is 0.429. The van der Waals surface area contributed by atoms with Crippen LogP contribution < -0.4 is 14.8 Å². The molecule has 1 saturated carbocycles. The predicted molar refractivity (Wildman–Crippen MR) is 107 cm³/mol. The molecule has 1 fully saturated rings. The summed E-state index contributed by atoms with van der Waals surface area (Å²) < 4.78 is 10.8. The maximum atomic E-state index is 12.6. The zero-order valence-corrected chi connectivity index (χ0v) is 16.7. The number of aliphatic carboxylic acids is 1. The van der Waals surface area contributed by atoms with Crippen molar-refractivity contribution < 1.29 is 24.2 Å². The van der Waals surface area contributed by atoms with Gasteiger partial charge in [-0.25, -0.2) is 9.59 Å². The highest BCUT2D eigenvalue weighted by atomic mass is 32.1. The van der Waals surface area contributed by atoms with Gasteiger partial charge in [0.25, 0.3) is 0 Å². The number of esters is 1. The first kappa shape index (κ1) is 20.4. The Balaban J connectivity index is 1.62. The Kier molecular flexibility index (Phi) is 7.06. The molecule has 3 rings (SSSR count). The third-order valence-corrected chi connectivity index (χ3v) is 5.81. The van der Waals surface area contributed by atoms with E-state index in [0.29, 0.717) is 17.4 Å². The summed E-state index contributed by atoms with van der Waals surface area (Å²) in [6, 6.07) is 8.01. The van der Waals surface area contributed by atoms with Gasteiger partial charge in [-0.1, -0.05) is 31.4 Å². The van der Waals surface area contributed by atoms with Gasteiger partial charge in [0.2, 0.25) is 0 Å². The lowest BCUT2D eigenvalue weighted by atomic mass is 9.95. The van der Waals surface area contributed by atoms with Gasteiger partial charge in [0, 0.05) is 18.2 Å². The molecule has 1 aliphatic carbocycles. The molecule has 0 amide bonds. The standard InChI is InChI=1S/C21H25NO5S/c1-14-13-28-20(19(14)26-12-18(23)24)21(25)27-17-9-5-6-15(10-17)11-22-16-7-3-2-4-8-16/h5-6,9-10,13,16,22H,2-4,7-8,11-12H2,1H3,(H,23,24). The van der Waals surface area contributed by atoms with Crippen LogP contribution in [0.4, 0.5) is 0 Å². The van der Waals surface area contributed by atoms with Gasteiger partial charge in [-0.2, -0.15) is 0 Å². The van der Waals surface area contributed by atoms with Crippen LogP contribution in [-0.2, 0) is 11.3 Å². The van der Waals surface area contributed by atoms with Gasteiger partial charge in [0.1, 0.15) is 11.5 Å². The lowest BCUT2D eigenvalue weighted by molar-refractivity contribution is -0.139. The van der Waals surface area contributed by atoms with Crippen LogP contribution in [0, 0.1) is 6.92 Å². The van der Waals surface area contributed by atoms with Gasteiger partial charge in [0.05, 0.1) is 0 Å². The van der Waals surface area contributed by atoms with E-state index in [1.165, 1.54) is 43.4 Å². The molecule has 150 valence electrons. The van der Waals surface area contributed by atoms with Crippen LogP contribution in [0.3, 0.4) is 0 Å². The normalized spacial score (nSPS) is 14.6. The molecular formula is C21H25NO5S. The van der Waals surface area contributed by atoms with E-state index in [9.17, 15) is 9.59 Å². The molecule has 1 aliphatic rings. The first-order valence-electron chi connectivity index (χ1n) is 9.50. The Bertz CT molecular complexity index is 826. The monoisotopic (exact) mass is 403 g/mol. The summed E-state index contributed by atoms with van der Waals surface area (Å²) >= 11 is 1.18. The Morgan fingerprint density at radius 3 is 2.79 bits per heavy atom. The molecule has 2 aromatic rings. The second-order valence-electron chi connectivity index (χ2n) is 7.01. The van der Waals surface area contributed by atoms with Crippen LogP contribution in [0.25, 0.3) is 0 Å². The number of carboxylic acid groups (broad SMARTS) is 1. The number of nitrogens with one attached hydrogen (secondary N) is 1. The van der Waals surface area contributed by atoms with Crippen molar-refractivity contribution in [2.24, 2.45) is 0 Å². The van der Waals surface area contributed by atoms with Gasteiger partial charge in [0.15, 0.2) is 11.5 Å². The van der Waals surface area contributed by atoms with Gasteiger partial charge in [-0.15, -0.1) is 11.3 Å². The number of carbonyl (C=O) groups is 2. The van der Waals surface area contributed by atoms with Crippen LogP contribution in [0.2, 0.25) is 0 Å². The molecule has 2 N–H and O–H groups in total. The van der Waals surface area contributed by atoms with Crippen molar-refractivity contribution in [2.75, 3.05) is 6.61 Å². The molecule has 0 saturated heterocycles. The van der Waals surface area contributed by atoms with Crippen LogP contribution in [0.1, 0.15) is 52.9 Å². The molecule has 6 nitrogen and oxygen atoms in total. The zero-order chi connectivity index (χ0) is 19.9. The maximum Gasteiger partial charge on any atom is 0.357 e. The summed E-state index contributed by atoms with van der Waals surface area (Å²) in [5, 5.41) is 14.1. The number of hydrogen-bond acceptors (Lipinski definition) is 6. The van der Waals surface area contributed by atoms with E-state index in [0.717, 1.165) is 12.1 Å². The predicted octanol–water partition coefficient (Wildman–Crippen LogP) is 4.16. The average molecular weight is 404 g/mol. The second kappa shape index (κ2) is 9.71. The van der Waals surface area contributed by atoms with Crippen molar-refractivity contribution in [3.8, 4) is 11.5 Å². The SMILES string of the molecule is Cc1csc(C(=O)Oc2cccc(CNC3CCCCC3)c2)c1OCC(=O)O. The minimum absolute atomic E-state index is 0.268. The van der Waals surface area contributed by atoms with E-state index in [1.54, 1.807) is 18.4 Å². The smallest absolute Gasteiger partial charge is 0.357 e. The highest BCUT2D eigenvalue weighted by molar-refractivity contribution is 7.12. The molecule has 0 radical (unpaired) electrons.